The van der Waals surface area contributed by atoms with Gasteiger partial charge in [-0.3, -0.25) is 0 Å². The van der Waals surface area contributed by atoms with Crippen LogP contribution in [0.5, 0.6) is 0 Å². The summed E-state index contributed by atoms with van der Waals surface area (Å²) in [6, 6.07) is 9.04. The Kier molecular flexibility index (Phi) is 3.17. The van der Waals surface area contributed by atoms with Gasteiger partial charge in [-0.05, 0) is 30.4 Å². The van der Waals surface area contributed by atoms with Crippen molar-refractivity contribution >= 4 is 0 Å². The minimum atomic E-state index is -0.126. The van der Waals surface area contributed by atoms with Crippen molar-refractivity contribution < 1.29 is 5.11 Å². The van der Waals surface area contributed by atoms with E-state index in [9.17, 15) is 5.11 Å². The Labute approximate surface area is 103 Å². The van der Waals surface area contributed by atoms with E-state index in [-0.39, 0.29) is 6.10 Å². The number of aliphatic hydroxyl groups is 1. The summed E-state index contributed by atoms with van der Waals surface area (Å²) in [7, 11) is 0. The highest BCUT2D eigenvalue weighted by atomic mass is 16.3. The van der Waals surface area contributed by atoms with Gasteiger partial charge in [0.15, 0.2) is 0 Å². The highest BCUT2D eigenvalue weighted by Crippen LogP contribution is 2.34. The van der Waals surface area contributed by atoms with E-state index in [1.165, 1.54) is 30.4 Å². The molecule has 3 atom stereocenters. The maximum atomic E-state index is 9.91. The molecule has 0 aromatic heterocycles. The Balaban J connectivity index is 1.53. The number of nitrogens with one attached hydrogen (secondary N) is 1. The lowest BCUT2D eigenvalue weighted by Crippen LogP contribution is -2.44. The molecule has 2 heteroatoms. The predicted molar refractivity (Wildman–Crippen MR) is 69.2 cm³/mol. The first-order valence-electron chi connectivity index (χ1n) is 6.84. The van der Waals surface area contributed by atoms with E-state index in [1.54, 1.807) is 0 Å². The zero-order valence-corrected chi connectivity index (χ0v) is 10.2. The van der Waals surface area contributed by atoms with Gasteiger partial charge in [0.25, 0.3) is 0 Å². The fraction of sp³-hybridized carbons (Fsp3) is 0.600. The van der Waals surface area contributed by atoms with E-state index < -0.39 is 0 Å². The summed E-state index contributed by atoms with van der Waals surface area (Å²) >= 11 is 0. The molecule has 1 saturated carbocycles. The molecule has 0 radical (unpaired) electrons. The molecule has 0 aliphatic heterocycles. The second-order valence-corrected chi connectivity index (χ2v) is 5.47. The van der Waals surface area contributed by atoms with Crippen molar-refractivity contribution in [3.05, 3.63) is 35.4 Å². The number of hydrogen-bond donors (Lipinski definition) is 2. The lowest BCUT2D eigenvalue weighted by atomic mass is 9.77. The Morgan fingerprint density at radius 2 is 2.00 bits per heavy atom. The van der Waals surface area contributed by atoms with Crippen molar-refractivity contribution in [2.75, 3.05) is 6.54 Å². The fourth-order valence-corrected chi connectivity index (χ4v) is 3.19. The summed E-state index contributed by atoms with van der Waals surface area (Å²) in [5, 5.41) is 13.5. The molecule has 3 rings (SSSR count). The van der Waals surface area contributed by atoms with Crippen LogP contribution in [0.1, 0.15) is 42.7 Å². The van der Waals surface area contributed by atoms with E-state index in [4.69, 9.17) is 0 Å². The summed E-state index contributed by atoms with van der Waals surface area (Å²) in [6.07, 6.45) is 5.63. The van der Waals surface area contributed by atoms with Crippen LogP contribution in [0.4, 0.5) is 0 Å². The van der Waals surface area contributed by atoms with Crippen LogP contribution in [0.25, 0.3) is 0 Å². The third kappa shape index (κ3) is 2.24. The van der Waals surface area contributed by atoms with Gasteiger partial charge >= 0.3 is 0 Å². The zero-order chi connectivity index (χ0) is 11.7. The van der Waals surface area contributed by atoms with Gasteiger partial charge in [-0.2, -0.15) is 0 Å². The molecule has 92 valence electrons. The van der Waals surface area contributed by atoms with Crippen LogP contribution < -0.4 is 5.32 Å². The van der Waals surface area contributed by atoms with E-state index >= 15 is 0 Å². The zero-order valence-electron chi connectivity index (χ0n) is 10.2. The second-order valence-electron chi connectivity index (χ2n) is 5.47. The van der Waals surface area contributed by atoms with Crippen molar-refractivity contribution in [3.63, 3.8) is 0 Å². The van der Waals surface area contributed by atoms with E-state index in [0.717, 1.165) is 19.4 Å². The summed E-state index contributed by atoms with van der Waals surface area (Å²) in [5.74, 6) is 0.667. The molecule has 0 saturated heterocycles. The molecule has 1 unspecified atom stereocenters. The molecular formula is C15H21NO. The first-order valence-corrected chi connectivity index (χ1v) is 6.84. The monoisotopic (exact) mass is 231 g/mol. The summed E-state index contributed by atoms with van der Waals surface area (Å²) in [5.41, 5.74) is 3.01. The summed E-state index contributed by atoms with van der Waals surface area (Å²) in [4.78, 5) is 0. The van der Waals surface area contributed by atoms with Crippen molar-refractivity contribution in [2.45, 2.75) is 50.2 Å². The molecule has 0 bridgehead atoms. The number of benzene rings is 1. The number of rotatable bonds is 3. The molecule has 1 aromatic rings. The molecule has 2 aliphatic rings. The second kappa shape index (κ2) is 4.79. The molecule has 2 N–H and O–H groups in total. The standard InChI is InChI=1S/C15H21NO/c17-15-8-4-3-7-14(15)16-10-12-9-11-5-1-2-6-13(11)12/h1-2,5-6,12,14-17H,3-4,7-10H2/t12?,14-,15-/m0/s1. The highest BCUT2D eigenvalue weighted by molar-refractivity contribution is 5.40. The highest BCUT2D eigenvalue weighted by Gasteiger charge is 2.28. The van der Waals surface area contributed by atoms with Gasteiger partial charge in [0, 0.05) is 18.5 Å². The smallest absolute Gasteiger partial charge is 0.0693 e. The van der Waals surface area contributed by atoms with Gasteiger partial charge in [-0.15, -0.1) is 0 Å². The SMILES string of the molecule is O[C@H]1CCCC[C@@H]1NCC1Cc2ccccc21. The molecule has 2 nitrogen and oxygen atoms in total. The third-order valence-corrected chi connectivity index (χ3v) is 4.32. The molecule has 1 aromatic carbocycles. The van der Waals surface area contributed by atoms with Crippen molar-refractivity contribution in [3.8, 4) is 0 Å². The van der Waals surface area contributed by atoms with Crippen molar-refractivity contribution in [1.82, 2.24) is 5.32 Å². The molecule has 0 heterocycles. The molecule has 2 aliphatic carbocycles. The van der Waals surface area contributed by atoms with Gasteiger partial charge in [0.2, 0.25) is 0 Å². The Morgan fingerprint density at radius 3 is 2.82 bits per heavy atom. The van der Waals surface area contributed by atoms with E-state index in [1.807, 2.05) is 0 Å². The maximum absolute atomic E-state index is 9.91. The van der Waals surface area contributed by atoms with Crippen LogP contribution >= 0.6 is 0 Å². The maximum Gasteiger partial charge on any atom is 0.0693 e. The van der Waals surface area contributed by atoms with Crippen molar-refractivity contribution in [1.29, 1.82) is 0 Å². The van der Waals surface area contributed by atoms with E-state index in [0.29, 0.717) is 12.0 Å². The number of fused-ring (bicyclic) bond motifs is 1. The minimum absolute atomic E-state index is 0.126. The van der Waals surface area contributed by atoms with Gasteiger partial charge in [0.1, 0.15) is 0 Å². The van der Waals surface area contributed by atoms with Crippen LogP contribution in [0, 0.1) is 0 Å². The van der Waals surface area contributed by atoms with E-state index in [2.05, 4.69) is 29.6 Å². The van der Waals surface area contributed by atoms with Crippen LogP contribution in [0.2, 0.25) is 0 Å². The topological polar surface area (TPSA) is 32.3 Å². The van der Waals surface area contributed by atoms with Gasteiger partial charge in [-0.1, -0.05) is 37.1 Å². The summed E-state index contributed by atoms with van der Waals surface area (Å²) < 4.78 is 0. The van der Waals surface area contributed by atoms with Crippen LogP contribution in [0.3, 0.4) is 0 Å². The predicted octanol–water partition coefficient (Wildman–Crippen LogP) is 2.22. The lowest BCUT2D eigenvalue weighted by molar-refractivity contribution is 0.0899. The Bertz CT molecular complexity index is 390. The molecule has 0 spiro atoms. The summed E-state index contributed by atoms with van der Waals surface area (Å²) in [6.45, 7) is 1.03. The van der Waals surface area contributed by atoms with Crippen molar-refractivity contribution in [2.24, 2.45) is 0 Å². The Morgan fingerprint density at radius 1 is 1.18 bits per heavy atom. The largest absolute Gasteiger partial charge is 0.392 e. The fourth-order valence-electron chi connectivity index (χ4n) is 3.19. The van der Waals surface area contributed by atoms with Gasteiger partial charge in [-0.25, -0.2) is 0 Å². The Hall–Kier alpha value is -0.860. The average molecular weight is 231 g/mol. The van der Waals surface area contributed by atoms with Crippen LogP contribution in [-0.4, -0.2) is 23.8 Å². The normalized spacial score (nSPS) is 31.7. The number of aliphatic hydroxyl groups excluding tert-OH is 1. The van der Waals surface area contributed by atoms with Crippen LogP contribution in [0.15, 0.2) is 24.3 Å². The quantitative estimate of drug-likeness (QED) is 0.836. The van der Waals surface area contributed by atoms with Crippen LogP contribution in [-0.2, 0) is 6.42 Å². The van der Waals surface area contributed by atoms with Gasteiger partial charge in [0.05, 0.1) is 6.10 Å². The first kappa shape index (κ1) is 11.2. The molecule has 1 fully saturated rings. The van der Waals surface area contributed by atoms with Gasteiger partial charge < -0.3 is 10.4 Å². The molecule has 0 amide bonds. The average Bonchev–Trinajstić information content (AvgIpc) is 2.32. The lowest BCUT2D eigenvalue weighted by Gasteiger charge is -2.34. The third-order valence-electron chi connectivity index (χ3n) is 4.32. The molecule has 17 heavy (non-hydrogen) atoms. The minimum Gasteiger partial charge on any atom is -0.392 e. The number of hydrogen-bond acceptors (Lipinski definition) is 2. The first-order chi connectivity index (χ1) is 8.34. The molecular weight excluding hydrogens is 210 g/mol.